The highest BCUT2D eigenvalue weighted by Gasteiger charge is 2.27. The van der Waals surface area contributed by atoms with E-state index in [-0.39, 0.29) is 23.2 Å². The summed E-state index contributed by atoms with van der Waals surface area (Å²) < 4.78 is 3.32. The lowest BCUT2D eigenvalue weighted by atomic mass is 10.0. The summed E-state index contributed by atoms with van der Waals surface area (Å²) in [5, 5.41) is 7.86. The Morgan fingerprint density at radius 3 is 2.75 bits per heavy atom. The van der Waals surface area contributed by atoms with Crippen LogP contribution in [-0.4, -0.2) is 38.5 Å². The molecule has 1 saturated heterocycles. The molecule has 150 valence electrons. The normalized spacial score (nSPS) is 19.8. The van der Waals surface area contributed by atoms with Crippen molar-refractivity contribution in [1.82, 2.24) is 19.3 Å². The van der Waals surface area contributed by atoms with Crippen LogP contribution in [0, 0.1) is 0 Å². The Morgan fingerprint density at radius 1 is 1.18 bits per heavy atom. The van der Waals surface area contributed by atoms with Crippen LogP contribution in [0.3, 0.4) is 0 Å². The number of nitrogens with one attached hydrogen (secondary N) is 1. The zero-order valence-electron chi connectivity index (χ0n) is 16.5. The van der Waals surface area contributed by atoms with Gasteiger partial charge in [0.25, 0.3) is 11.1 Å². The van der Waals surface area contributed by atoms with Gasteiger partial charge in [0, 0.05) is 43.6 Å². The Hall–Kier alpha value is -2.64. The van der Waals surface area contributed by atoms with Crippen LogP contribution in [-0.2, 0) is 0 Å². The molecule has 2 aromatic heterocycles. The van der Waals surface area contributed by atoms with Crippen LogP contribution in [0.1, 0.15) is 58.0 Å². The average molecular weight is 384 g/mol. The van der Waals surface area contributed by atoms with Crippen molar-refractivity contribution in [3.8, 4) is 0 Å². The third-order valence-corrected chi connectivity index (χ3v) is 5.53. The van der Waals surface area contributed by atoms with Crippen molar-refractivity contribution in [2.75, 3.05) is 23.3 Å². The molecule has 0 amide bonds. The molecule has 8 nitrogen and oxygen atoms in total. The number of hydrogen-bond acceptors (Lipinski definition) is 6. The first-order valence-electron chi connectivity index (χ1n) is 10.2. The first-order chi connectivity index (χ1) is 13.5. The van der Waals surface area contributed by atoms with Gasteiger partial charge in [0.1, 0.15) is 5.82 Å². The minimum atomic E-state index is -0.0838. The summed E-state index contributed by atoms with van der Waals surface area (Å²) >= 11 is 0. The molecule has 1 aliphatic carbocycles. The van der Waals surface area contributed by atoms with Gasteiger partial charge in [-0.05, 0) is 52.0 Å². The SMILES string of the molecule is CC(C)n1nc(N2CCCCC2CNc2nccn(C3CC3)c2=O)ccc1=O. The summed E-state index contributed by atoms with van der Waals surface area (Å²) in [4.78, 5) is 31.2. The van der Waals surface area contributed by atoms with Crippen molar-refractivity contribution in [3.63, 3.8) is 0 Å². The van der Waals surface area contributed by atoms with Crippen molar-refractivity contribution in [2.45, 2.75) is 64.1 Å². The Kier molecular flexibility index (Phi) is 5.19. The predicted molar refractivity (Wildman–Crippen MR) is 109 cm³/mol. The summed E-state index contributed by atoms with van der Waals surface area (Å²) in [5.41, 5.74) is -0.126. The Bertz CT molecular complexity index is 946. The number of piperidine rings is 1. The number of aromatic nitrogens is 4. The fraction of sp³-hybridized carbons (Fsp3) is 0.600. The largest absolute Gasteiger partial charge is 0.363 e. The van der Waals surface area contributed by atoms with Gasteiger partial charge in [0.2, 0.25) is 0 Å². The summed E-state index contributed by atoms with van der Waals surface area (Å²) in [6, 6.07) is 3.95. The number of nitrogens with zero attached hydrogens (tertiary/aromatic N) is 5. The van der Waals surface area contributed by atoms with Crippen LogP contribution >= 0.6 is 0 Å². The molecule has 1 saturated carbocycles. The summed E-state index contributed by atoms with van der Waals surface area (Å²) in [6.07, 6.45) is 8.85. The second-order valence-electron chi connectivity index (χ2n) is 8.01. The second kappa shape index (κ2) is 7.77. The number of rotatable bonds is 6. The third-order valence-electron chi connectivity index (χ3n) is 5.53. The molecular weight excluding hydrogens is 356 g/mol. The van der Waals surface area contributed by atoms with Crippen LogP contribution in [0.5, 0.6) is 0 Å². The molecule has 1 unspecified atom stereocenters. The molecule has 1 atom stereocenters. The Balaban J connectivity index is 1.52. The monoisotopic (exact) mass is 384 g/mol. The molecular formula is C20H28N6O2. The minimum Gasteiger partial charge on any atom is -0.363 e. The maximum absolute atomic E-state index is 12.6. The fourth-order valence-electron chi connectivity index (χ4n) is 3.85. The lowest BCUT2D eigenvalue weighted by Gasteiger charge is -2.37. The maximum atomic E-state index is 12.6. The highest BCUT2D eigenvalue weighted by molar-refractivity contribution is 5.40. The maximum Gasteiger partial charge on any atom is 0.293 e. The summed E-state index contributed by atoms with van der Waals surface area (Å²) in [5.74, 6) is 1.23. The molecule has 1 aliphatic heterocycles. The molecule has 0 aromatic carbocycles. The van der Waals surface area contributed by atoms with Crippen molar-refractivity contribution in [1.29, 1.82) is 0 Å². The van der Waals surface area contributed by atoms with E-state index in [0.29, 0.717) is 18.4 Å². The fourth-order valence-corrected chi connectivity index (χ4v) is 3.85. The first-order valence-corrected chi connectivity index (χ1v) is 10.2. The van der Waals surface area contributed by atoms with Crippen molar-refractivity contribution in [2.24, 2.45) is 0 Å². The molecule has 4 rings (SSSR count). The average Bonchev–Trinajstić information content (AvgIpc) is 3.53. The van der Waals surface area contributed by atoms with E-state index < -0.39 is 0 Å². The van der Waals surface area contributed by atoms with Crippen molar-refractivity contribution < 1.29 is 0 Å². The van der Waals surface area contributed by atoms with Gasteiger partial charge >= 0.3 is 0 Å². The zero-order valence-corrected chi connectivity index (χ0v) is 16.5. The van der Waals surface area contributed by atoms with Gasteiger partial charge < -0.3 is 14.8 Å². The Labute approximate surface area is 164 Å². The molecule has 2 aliphatic rings. The van der Waals surface area contributed by atoms with E-state index >= 15 is 0 Å². The topological polar surface area (TPSA) is 85.1 Å². The zero-order chi connectivity index (χ0) is 19.7. The molecule has 0 spiro atoms. The molecule has 2 fully saturated rings. The standard InChI is InChI=1S/C20H28N6O2/c1-14(2)26-18(27)9-8-17(23-26)24-11-4-3-5-16(24)13-22-19-20(28)25(12-10-21-19)15-6-7-15/h8-10,12,14-16H,3-7,11,13H2,1-2H3,(H,21,22). The molecule has 28 heavy (non-hydrogen) atoms. The van der Waals surface area contributed by atoms with Crippen LogP contribution in [0.25, 0.3) is 0 Å². The molecule has 8 heteroatoms. The van der Waals surface area contributed by atoms with E-state index in [9.17, 15) is 9.59 Å². The quantitative estimate of drug-likeness (QED) is 0.822. The van der Waals surface area contributed by atoms with Gasteiger partial charge in [-0.25, -0.2) is 9.67 Å². The highest BCUT2D eigenvalue weighted by atomic mass is 16.1. The lowest BCUT2D eigenvalue weighted by molar-refractivity contribution is 0.451. The van der Waals surface area contributed by atoms with Crippen molar-refractivity contribution in [3.05, 3.63) is 45.2 Å². The molecule has 0 bridgehead atoms. The van der Waals surface area contributed by atoms with Gasteiger partial charge in [0.05, 0.1) is 6.04 Å². The third kappa shape index (κ3) is 3.81. The van der Waals surface area contributed by atoms with Crippen LogP contribution < -0.4 is 21.3 Å². The Morgan fingerprint density at radius 2 is 2.00 bits per heavy atom. The van der Waals surface area contributed by atoms with E-state index in [1.807, 2.05) is 13.8 Å². The van der Waals surface area contributed by atoms with Crippen molar-refractivity contribution >= 4 is 11.6 Å². The minimum absolute atomic E-state index is 0.0169. The molecule has 0 radical (unpaired) electrons. The van der Waals surface area contributed by atoms with E-state index in [1.165, 1.54) is 4.68 Å². The van der Waals surface area contributed by atoms with E-state index in [1.54, 1.807) is 29.1 Å². The van der Waals surface area contributed by atoms with Gasteiger partial charge in [-0.1, -0.05) is 0 Å². The molecule has 2 aromatic rings. The smallest absolute Gasteiger partial charge is 0.293 e. The van der Waals surface area contributed by atoms with Gasteiger partial charge in [-0.2, -0.15) is 5.10 Å². The van der Waals surface area contributed by atoms with Crippen LogP contribution in [0.2, 0.25) is 0 Å². The predicted octanol–water partition coefficient (Wildman–Crippen LogP) is 2.19. The van der Waals surface area contributed by atoms with E-state index in [4.69, 9.17) is 0 Å². The summed E-state index contributed by atoms with van der Waals surface area (Å²) in [7, 11) is 0. The first kappa shape index (κ1) is 18.7. The molecule has 3 heterocycles. The van der Waals surface area contributed by atoms with E-state index in [0.717, 1.165) is 44.5 Å². The van der Waals surface area contributed by atoms with Crippen LogP contribution in [0.15, 0.2) is 34.1 Å². The molecule has 1 N–H and O–H groups in total. The van der Waals surface area contributed by atoms with Gasteiger partial charge in [0.15, 0.2) is 5.82 Å². The van der Waals surface area contributed by atoms with Gasteiger partial charge in [-0.3, -0.25) is 9.59 Å². The van der Waals surface area contributed by atoms with E-state index in [2.05, 4.69) is 20.3 Å². The lowest BCUT2D eigenvalue weighted by Crippen LogP contribution is -2.45. The van der Waals surface area contributed by atoms with Crippen LogP contribution in [0.4, 0.5) is 11.6 Å². The second-order valence-corrected chi connectivity index (χ2v) is 8.01. The number of hydrogen-bond donors (Lipinski definition) is 1. The number of anilines is 2. The summed E-state index contributed by atoms with van der Waals surface area (Å²) in [6.45, 7) is 5.43. The van der Waals surface area contributed by atoms with Gasteiger partial charge in [-0.15, -0.1) is 0 Å². The highest BCUT2D eigenvalue weighted by Crippen LogP contribution is 2.33.